The maximum atomic E-state index is 16.6. The molecular formula is C58H57F4N11O5. The second kappa shape index (κ2) is 20.4. The number of anilines is 3. The van der Waals surface area contributed by atoms with Gasteiger partial charge < -0.3 is 29.8 Å². The topological polar surface area (TPSA) is 179 Å². The fraction of sp³-hybridized carbons (Fsp3) is 0.310. The zero-order valence-electron chi connectivity index (χ0n) is 44.3. The third kappa shape index (κ3) is 9.01. The Bertz CT molecular complexity index is 3860. The van der Waals surface area contributed by atoms with Crippen LogP contribution in [0.1, 0.15) is 75.8 Å². The quantitative estimate of drug-likeness (QED) is 0.0979. The van der Waals surface area contributed by atoms with Crippen molar-refractivity contribution in [2.45, 2.75) is 79.3 Å². The van der Waals surface area contributed by atoms with Gasteiger partial charge in [-0.15, -0.1) is 0 Å². The number of fused-ring (bicyclic) bond motifs is 2. The molecule has 0 unspecified atom stereocenters. The van der Waals surface area contributed by atoms with Gasteiger partial charge in [0.25, 0.3) is 0 Å². The summed E-state index contributed by atoms with van der Waals surface area (Å²) in [4.78, 5) is 72.7. The van der Waals surface area contributed by atoms with Crippen LogP contribution >= 0.6 is 0 Å². The van der Waals surface area contributed by atoms with Gasteiger partial charge in [0.05, 0.1) is 39.0 Å². The van der Waals surface area contributed by atoms with Gasteiger partial charge in [0.1, 0.15) is 46.2 Å². The zero-order chi connectivity index (χ0) is 55.8. The number of benzene rings is 3. The molecule has 0 aliphatic carbocycles. The number of amides is 1. The Balaban J connectivity index is 1.07. The molecule has 5 aromatic heterocycles. The molecule has 1 amide bonds. The number of nitrogens with zero attached hydrogens (tertiary/aromatic N) is 11. The zero-order valence-corrected chi connectivity index (χ0v) is 44.3. The normalized spacial score (nSPS) is 16.1. The van der Waals surface area contributed by atoms with Gasteiger partial charge in [-0.3, -0.25) is 9.78 Å². The molecule has 0 saturated carbocycles. The molecule has 402 valence electrons. The predicted molar refractivity (Wildman–Crippen MR) is 292 cm³/mol. The van der Waals surface area contributed by atoms with Gasteiger partial charge in [0.15, 0.2) is 22.9 Å². The van der Waals surface area contributed by atoms with E-state index in [4.69, 9.17) is 0 Å². The first-order chi connectivity index (χ1) is 37.2. The number of carbonyl (C=O) groups is 1. The Morgan fingerprint density at radius 1 is 0.654 bits per heavy atom. The molecule has 2 atom stereocenters. The third-order valence-corrected chi connectivity index (χ3v) is 14.8. The van der Waals surface area contributed by atoms with E-state index in [0.29, 0.717) is 46.8 Å². The van der Waals surface area contributed by atoms with E-state index in [1.54, 1.807) is 17.2 Å². The fourth-order valence-electron chi connectivity index (χ4n) is 11.0. The van der Waals surface area contributed by atoms with Crippen LogP contribution in [0.15, 0.2) is 95.2 Å². The largest absolute Gasteiger partial charge is 0.507 e. The van der Waals surface area contributed by atoms with Crippen LogP contribution in [0.5, 0.6) is 11.5 Å². The molecule has 7 heterocycles. The third-order valence-electron chi connectivity index (χ3n) is 14.8. The number of carbonyl (C=O) groups excluding carboxylic acids is 1. The van der Waals surface area contributed by atoms with Gasteiger partial charge in [-0.05, 0) is 117 Å². The summed E-state index contributed by atoms with van der Waals surface area (Å²) in [7, 11) is 0. The number of hydrogen-bond acceptors (Lipinski definition) is 13. The Hall–Kier alpha value is -8.68. The molecule has 0 radical (unpaired) electrons. The summed E-state index contributed by atoms with van der Waals surface area (Å²) in [5.41, 5.74) is 0.698. The molecular weight excluding hydrogens is 1010 g/mol. The Morgan fingerprint density at radius 2 is 1.18 bits per heavy atom. The Labute approximate surface area is 446 Å². The van der Waals surface area contributed by atoms with E-state index in [0.717, 1.165) is 23.9 Å². The van der Waals surface area contributed by atoms with E-state index in [-0.39, 0.29) is 89.7 Å². The maximum absolute atomic E-state index is 16.6. The number of phenolic OH excluding ortho intramolecular Hbond substituents is 2. The maximum Gasteiger partial charge on any atom is 0.355 e. The van der Waals surface area contributed by atoms with Crippen LogP contribution in [0.3, 0.4) is 0 Å². The fourth-order valence-corrected chi connectivity index (χ4v) is 11.0. The number of rotatable bonds is 10. The first-order valence-corrected chi connectivity index (χ1v) is 25.7. The van der Waals surface area contributed by atoms with Gasteiger partial charge in [-0.2, -0.15) is 9.97 Å². The number of pyridine rings is 3. The van der Waals surface area contributed by atoms with Crippen molar-refractivity contribution in [3.05, 3.63) is 152 Å². The summed E-state index contributed by atoms with van der Waals surface area (Å²) < 4.78 is 66.6. The number of piperazine rings is 2. The lowest BCUT2D eigenvalue weighted by atomic mass is 9.96. The summed E-state index contributed by atoms with van der Waals surface area (Å²) >= 11 is 0. The summed E-state index contributed by atoms with van der Waals surface area (Å²) in [6, 6.07) is 14.4. The molecule has 78 heavy (non-hydrogen) atoms. The average Bonchev–Trinajstić information content (AvgIpc) is 3.59. The van der Waals surface area contributed by atoms with Crippen LogP contribution in [-0.2, 0) is 4.79 Å². The smallest absolute Gasteiger partial charge is 0.355 e. The highest BCUT2D eigenvalue weighted by Crippen LogP contribution is 2.41. The second-order valence-corrected chi connectivity index (χ2v) is 20.6. The minimum atomic E-state index is -0.962. The monoisotopic (exact) mass is 1060 g/mol. The summed E-state index contributed by atoms with van der Waals surface area (Å²) in [5, 5.41) is 22.0. The second-order valence-electron chi connectivity index (χ2n) is 20.6. The lowest BCUT2D eigenvalue weighted by molar-refractivity contribution is -0.126. The van der Waals surface area contributed by atoms with Crippen LogP contribution in [0, 0.1) is 37.1 Å². The standard InChI is InChI=1S/C58H57F4N11O5/c1-10-45(76)69-20-22-71(34(9)28-69)53-37-25-41(61)49(46-39(59)13-11-15-43(46)74)64-55(37)72(57(77)66-53)51-32(7)23-35(24-36(51)29(2)3)68-19-21-70(33(8)27-68)54-38-26-42(62)50(47-40(60)14-12-16-44(47)75)65-56(38)73(58(78)67-54)52-31(6)17-18-63-48(52)30(4)5/h10-18,23-26,29-30,33-34,74-75H,1,19-22,27-28H2,2-9H3/t33-,34-/m0/s1. The molecule has 20 heteroatoms. The molecule has 8 aromatic rings. The predicted octanol–water partition coefficient (Wildman–Crippen LogP) is 9.37. The van der Waals surface area contributed by atoms with Crippen molar-refractivity contribution in [3.63, 3.8) is 0 Å². The molecule has 0 bridgehead atoms. The van der Waals surface area contributed by atoms with Gasteiger partial charge >= 0.3 is 11.4 Å². The molecule has 2 fully saturated rings. The molecule has 16 nitrogen and oxygen atoms in total. The first kappa shape index (κ1) is 52.7. The van der Waals surface area contributed by atoms with Crippen molar-refractivity contribution in [2.75, 3.05) is 54.0 Å². The number of aromatic nitrogens is 7. The van der Waals surface area contributed by atoms with Crippen LogP contribution in [0.2, 0.25) is 0 Å². The summed E-state index contributed by atoms with van der Waals surface area (Å²) in [6.07, 6.45) is 2.86. The number of aromatic hydroxyl groups is 2. The van der Waals surface area contributed by atoms with Gasteiger partial charge in [0.2, 0.25) is 5.91 Å². The lowest BCUT2D eigenvalue weighted by Gasteiger charge is -2.42. The van der Waals surface area contributed by atoms with Crippen molar-refractivity contribution in [1.82, 2.24) is 39.0 Å². The molecule has 2 aliphatic rings. The van der Waals surface area contributed by atoms with Crippen molar-refractivity contribution in [2.24, 2.45) is 0 Å². The number of phenols is 2. The van der Waals surface area contributed by atoms with E-state index < -0.39 is 68.7 Å². The van der Waals surface area contributed by atoms with Gasteiger partial charge in [-0.1, -0.05) is 46.4 Å². The molecule has 2 aliphatic heterocycles. The summed E-state index contributed by atoms with van der Waals surface area (Å²) in [6.45, 7) is 20.6. The first-order valence-electron chi connectivity index (χ1n) is 25.7. The molecule has 2 N–H and O–H groups in total. The van der Waals surface area contributed by atoms with E-state index in [1.165, 1.54) is 45.5 Å². The highest BCUT2D eigenvalue weighted by Gasteiger charge is 2.34. The van der Waals surface area contributed by atoms with Gasteiger partial charge in [-0.25, -0.2) is 46.3 Å². The van der Waals surface area contributed by atoms with E-state index >= 15 is 17.6 Å². The molecule has 10 rings (SSSR count). The van der Waals surface area contributed by atoms with Crippen LogP contribution in [0.25, 0.3) is 56.0 Å². The minimum absolute atomic E-state index is 0.0121. The number of halogens is 4. The summed E-state index contributed by atoms with van der Waals surface area (Å²) in [5.74, 6) is -5.19. The SMILES string of the molecule is C=CC(=O)N1CCN(c2nc(=O)n(-c3c(C)cc(N4CCN(c5nc(=O)n(-c6c(C)ccnc6C(C)C)c6nc(-c7c(O)cccc7F)c(F)cc56)[C@@H](C)C4)cc3C(C)C)c3nc(-c4c(O)cccc4F)c(F)cc23)[C@@H](C)C1. The van der Waals surface area contributed by atoms with Crippen molar-refractivity contribution in [3.8, 4) is 45.4 Å². The van der Waals surface area contributed by atoms with Crippen LogP contribution in [0.4, 0.5) is 34.9 Å². The van der Waals surface area contributed by atoms with Crippen molar-refractivity contribution < 1.29 is 32.6 Å². The Kier molecular flexibility index (Phi) is 13.8. The average molecular weight is 1060 g/mol. The van der Waals surface area contributed by atoms with Crippen molar-refractivity contribution >= 4 is 45.3 Å². The van der Waals surface area contributed by atoms with E-state index in [2.05, 4.69) is 36.4 Å². The van der Waals surface area contributed by atoms with Crippen LogP contribution < -0.4 is 26.1 Å². The highest BCUT2D eigenvalue weighted by atomic mass is 19.1. The highest BCUT2D eigenvalue weighted by molar-refractivity contribution is 5.93. The van der Waals surface area contributed by atoms with E-state index in [9.17, 15) is 24.6 Å². The van der Waals surface area contributed by atoms with Crippen molar-refractivity contribution in [1.29, 1.82) is 0 Å². The van der Waals surface area contributed by atoms with Gasteiger partial charge in [0, 0.05) is 63.2 Å². The van der Waals surface area contributed by atoms with E-state index in [1.807, 2.05) is 77.3 Å². The number of aryl methyl sites for hydroxylation is 2. The number of hydrogen-bond donors (Lipinski definition) is 2. The Morgan fingerprint density at radius 3 is 1.67 bits per heavy atom. The van der Waals surface area contributed by atoms with Crippen LogP contribution in [-0.4, -0.2) is 106 Å². The molecule has 3 aromatic carbocycles. The molecule has 0 spiro atoms. The molecule has 2 saturated heterocycles. The minimum Gasteiger partial charge on any atom is -0.507 e. The lowest BCUT2D eigenvalue weighted by Crippen LogP contribution is -2.54.